The Labute approximate surface area is 160 Å². The number of hydrogen-bond donors (Lipinski definition) is 2. The molecule has 1 aromatic heterocycles. The summed E-state index contributed by atoms with van der Waals surface area (Å²) in [5, 5.41) is 7.10. The van der Waals surface area contributed by atoms with Gasteiger partial charge in [-0.15, -0.1) is 11.3 Å². The fraction of sp³-hybridized carbons (Fsp3) is 0.278. The first kappa shape index (κ1) is 20.2. The molecule has 2 amide bonds. The standard InChI is InChI=1S/C18H20N2O6S/c1-24-13-9-11(18(23)26-3)12(10-14(13)25-2)20-16(21)6-7-19-17(22)15-5-4-8-27-15/h4-5,8-10H,6-7H2,1-3H3,(H,19,22)(H,20,21). The third-order valence-electron chi connectivity index (χ3n) is 3.59. The highest BCUT2D eigenvalue weighted by atomic mass is 32.1. The highest BCUT2D eigenvalue weighted by molar-refractivity contribution is 7.12. The van der Waals surface area contributed by atoms with Crippen LogP contribution in [0.2, 0.25) is 0 Å². The summed E-state index contributed by atoms with van der Waals surface area (Å²) >= 11 is 1.32. The molecular formula is C18H20N2O6S. The van der Waals surface area contributed by atoms with Gasteiger partial charge in [-0.3, -0.25) is 9.59 Å². The number of carbonyl (C=O) groups is 3. The summed E-state index contributed by atoms with van der Waals surface area (Å²) in [5.41, 5.74) is 0.361. The smallest absolute Gasteiger partial charge is 0.340 e. The monoisotopic (exact) mass is 392 g/mol. The van der Waals surface area contributed by atoms with Crippen LogP contribution < -0.4 is 20.1 Å². The average Bonchev–Trinajstić information content (AvgIpc) is 3.21. The van der Waals surface area contributed by atoms with Crippen LogP contribution in [-0.4, -0.2) is 45.7 Å². The molecule has 0 saturated heterocycles. The Bertz CT molecular complexity index is 820. The predicted octanol–water partition coefficient (Wildman–Crippen LogP) is 2.31. The second-order valence-electron chi connectivity index (χ2n) is 5.28. The Balaban J connectivity index is 2.04. The van der Waals surface area contributed by atoms with Crippen LogP contribution in [0.25, 0.3) is 0 Å². The highest BCUT2D eigenvalue weighted by Crippen LogP contribution is 2.33. The Morgan fingerprint density at radius 3 is 2.37 bits per heavy atom. The van der Waals surface area contributed by atoms with Gasteiger partial charge in [-0.25, -0.2) is 4.79 Å². The quantitative estimate of drug-likeness (QED) is 0.669. The van der Waals surface area contributed by atoms with Crippen molar-refractivity contribution in [3.05, 3.63) is 40.1 Å². The van der Waals surface area contributed by atoms with Crippen LogP contribution in [0.1, 0.15) is 26.5 Å². The number of nitrogens with one attached hydrogen (secondary N) is 2. The summed E-state index contributed by atoms with van der Waals surface area (Å²) in [6.45, 7) is 0.156. The zero-order valence-corrected chi connectivity index (χ0v) is 16.0. The molecule has 0 fully saturated rings. The maximum absolute atomic E-state index is 12.2. The minimum atomic E-state index is -0.628. The molecule has 8 nitrogen and oxygen atoms in total. The normalized spacial score (nSPS) is 10.0. The largest absolute Gasteiger partial charge is 0.493 e. The number of esters is 1. The van der Waals surface area contributed by atoms with Crippen molar-refractivity contribution in [2.45, 2.75) is 6.42 Å². The number of carbonyl (C=O) groups excluding carboxylic acids is 3. The van der Waals surface area contributed by atoms with Gasteiger partial charge < -0.3 is 24.8 Å². The van der Waals surface area contributed by atoms with Gasteiger partial charge in [-0.1, -0.05) is 6.07 Å². The first-order valence-corrected chi connectivity index (χ1v) is 8.84. The van der Waals surface area contributed by atoms with Crippen molar-refractivity contribution in [1.82, 2.24) is 5.32 Å². The Morgan fingerprint density at radius 2 is 1.78 bits per heavy atom. The molecule has 0 aliphatic heterocycles. The summed E-state index contributed by atoms with van der Waals surface area (Å²) in [6, 6.07) is 6.39. The molecule has 9 heteroatoms. The third-order valence-corrected chi connectivity index (χ3v) is 4.45. The van der Waals surface area contributed by atoms with Crippen molar-refractivity contribution in [3.8, 4) is 11.5 Å². The number of anilines is 1. The predicted molar refractivity (Wildman–Crippen MR) is 101 cm³/mol. The molecule has 1 aromatic carbocycles. The van der Waals surface area contributed by atoms with Crippen molar-refractivity contribution < 1.29 is 28.6 Å². The molecule has 144 valence electrons. The Kier molecular flexibility index (Phi) is 7.18. The van der Waals surface area contributed by atoms with E-state index >= 15 is 0 Å². The molecular weight excluding hydrogens is 372 g/mol. The molecule has 0 aliphatic carbocycles. The van der Waals surface area contributed by atoms with Crippen molar-refractivity contribution in [2.24, 2.45) is 0 Å². The fourth-order valence-electron chi connectivity index (χ4n) is 2.26. The van der Waals surface area contributed by atoms with Crippen LogP contribution in [0.3, 0.4) is 0 Å². The minimum absolute atomic E-state index is 0.0338. The van der Waals surface area contributed by atoms with Crippen LogP contribution in [0.15, 0.2) is 29.6 Å². The van der Waals surface area contributed by atoms with Crippen LogP contribution in [0, 0.1) is 0 Å². The number of hydrogen-bond acceptors (Lipinski definition) is 7. The van der Waals surface area contributed by atoms with E-state index < -0.39 is 5.97 Å². The van der Waals surface area contributed by atoms with Crippen LogP contribution in [-0.2, 0) is 9.53 Å². The van der Waals surface area contributed by atoms with E-state index in [1.165, 1.54) is 44.8 Å². The maximum atomic E-state index is 12.2. The molecule has 1 heterocycles. The van der Waals surface area contributed by atoms with Gasteiger partial charge in [0.05, 0.1) is 37.5 Å². The van der Waals surface area contributed by atoms with Crippen LogP contribution in [0.5, 0.6) is 11.5 Å². The second kappa shape index (κ2) is 9.58. The molecule has 0 aliphatic rings. The van der Waals surface area contributed by atoms with Crippen molar-refractivity contribution in [2.75, 3.05) is 33.2 Å². The molecule has 0 spiro atoms. The minimum Gasteiger partial charge on any atom is -0.493 e. The number of ether oxygens (including phenoxy) is 3. The summed E-state index contributed by atoms with van der Waals surface area (Å²) in [7, 11) is 4.12. The zero-order chi connectivity index (χ0) is 19.8. The van der Waals surface area contributed by atoms with E-state index in [2.05, 4.69) is 10.6 Å². The fourth-order valence-corrected chi connectivity index (χ4v) is 2.90. The Morgan fingerprint density at radius 1 is 1.07 bits per heavy atom. The van der Waals surface area contributed by atoms with Gasteiger partial charge >= 0.3 is 5.97 Å². The van der Waals surface area contributed by atoms with E-state index in [1.54, 1.807) is 17.5 Å². The second-order valence-corrected chi connectivity index (χ2v) is 6.22. The molecule has 2 rings (SSSR count). The lowest BCUT2D eigenvalue weighted by Crippen LogP contribution is -2.27. The van der Waals surface area contributed by atoms with E-state index in [0.717, 1.165) is 0 Å². The first-order chi connectivity index (χ1) is 13.0. The maximum Gasteiger partial charge on any atom is 0.340 e. The third kappa shape index (κ3) is 5.20. The summed E-state index contributed by atoms with van der Waals surface area (Å²) in [6.07, 6.45) is 0.0338. The Hall–Kier alpha value is -3.07. The van der Waals surface area contributed by atoms with Crippen molar-refractivity contribution in [3.63, 3.8) is 0 Å². The van der Waals surface area contributed by atoms with Crippen LogP contribution >= 0.6 is 11.3 Å². The van der Waals surface area contributed by atoms with Crippen molar-refractivity contribution >= 4 is 34.8 Å². The average molecular weight is 392 g/mol. The highest BCUT2D eigenvalue weighted by Gasteiger charge is 2.19. The lowest BCUT2D eigenvalue weighted by Gasteiger charge is -2.14. The van der Waals surface area contributed by atoms with Gasteiger partial charge in [-0.2, -0.15) is 0 Å². The summed E-state index contributed by atoms with van der Waals surface area (Å²) < 4.78 is 15.1. The number of methoxy groups -OCH3 is 3. The van der Waals surface area contributed by atoms with E-state index in [-0.39, 0.29) is 36.0 Å². The SMILES string of the molecule is COC(=O)c1cc(OC)c(OC)cc1NC(=O)CCNC(=O)c1cccs1. The van der Waals surface area contributed by atoms with Gasteiger partial charge in [0, 0.05) is 25.1 Å². The summed E-state index contributed by atoms with van der Waals surface area (Å²) in [5.74, 6) is -0.555. The number of amides is 2. The molecule has 2 aromatic rings. The molecule has 0 unspecified atom stereocenters. The molecule has 0 radical (unpaired) electrons. The lowest BCUT2D eigenvalue weighted by molar-refractivity contribution is -0.116. The number of rotatable bonds is 8. The summed E-state index contributed by atoms with van der Waals surface area (Å²) in [4.78, 5) is 36.6. The van der Waals surface area contributed by atoms with Crippen molar-refractivity contribution in [1.29, 1.82) is 0 Å². The van der Waals surface area contributed by atoms with Gasteiger partial charge in [0.1, 0.15) is 0 Å². The number of thiophene rings is 1. The van der Waals surface area contributed by atoms with E-state index in [4.69, 9.17) is 14.2 Å². The molecule has 0 bridgehead atoms. The molecule has 2 N–H and O–H groups in total. The van der Waals surface area contributed by atoms with Crippen LogP contribution in [0.4, 0.5) is 5.69 Å². The van der Waals surface area contributed by atoms with Gasteiger partial charge in [0.2, 0.25) is 5.91 Å². The van der Waals surface area contributed by atoms with E-state index in [1.807, 2.05) is 0 Å². The molecule has 0 saturated carbocycles. The van der Waals surface area contributed by atoms with E-state index in [0.29, 0.717) is 16.4 Å². The zero-order valence-electron chi connectivity index (χ0n) is 15.2. The van der Waals surface area contributed by atoms with Gasteiger partial charge in [-0.05, 0) is 11.4 Å². The lowest BCUT2D eigenvalue weighted by atomic mass is 10.1. The first-order valence-electron chi connectivity index (χ1n) is 7.96. The van der Waals surface area contributed by atoms with Gasteiger partial charge in [0.15, 0.2) is 11.5 Å². The number of benzene rings is 1. The molecule has 0 atom stereocenters. The molecule has 27 heavy (non-hydrogen) atoms. The van der Waals surface area contributed by atoms with E-state index in [9.17, 15) is 14.4 Å². The topological polar surface area (TPSA) is 103 Å². The van der Waals surface area contributed by atoms with Gasteiger partial charge in [0.25, 0.3) is 5.91 Å².